The third-order valence-corrected chi connectivity index (χ3v) is 9.16. The van der Waals surface area contributed by atoms with Crippen LogP contribution in [0.5, 0.6) is 0 Å². The molecule has 0 spiro atoms. The summed E-state index contributed by atoms with van der Waals surface area (Å²) < 4.78 is 28.0. The Morgan fingerprint density at radius 3 is 2.33 bits per heavy atom. The summed E-state index contributed by atoms with van der Waals surface area (Å²) in [6.07, 6.45) is 4.18. The zero-order valence-corrected chi connectivity index (χ0v) is 24.0. The molecule has 7 nitrogen and oxygen atoms in total. The van der Waals surface area contributed by atoms with E-state index < -0.39 is 21.7 Å². The van der Waals surface area contributed by atoms with Crippen molar-refractivity contribution in [1.82, 2.24) is 10.1 Å². The SMILES string of the molecule is CC(c1ccc(CC(=O)Nc2cc(Cl)c(C3(c4noc(-c5ccc(C6CC6)cc5)n4)CC3)c(Cl)c2)cc1)S(=O)[O-]. The lowest BCUT2D eigenvalue weighted by molar-refractivity contribution is -0.115. The van der Waals surface area contributed by atoms with Gasteiger partial charge in [-0.3, -0.25) is 9.00 Å². The average Bonchev–Trinajstić information content (AvgIpc) is 3.87. The van der Waals surface area contributed by atoms with E-state index in [0.29, 0.717) is 38.9 Å². The summed E-state index contributed by atoms with van der Waals surface area (Å²) >= 11 is 11.3. The molecule has 0 aliphatic heterocycles. The molecule has 0 bridgehead atoms. The van der Waals surface area contributed by atoms with E-state index in [-0.39, 0.29) is 12.3 Å². The van der Waals surface area contributed by atoms with Crippen molar-refractivity contribution < 1.29 is 18.1 Å². The van der Waals surface area contributed by atoms with Crippen LogP contribution >= 0.6 is 23.2 Å². The van der Waals surface area contributed by atoms with Crippen LogP contribution in [0.4, 0.5) is 5.69 Å². The third-order valence-electron chi connectivity index (χ3n) is 7.72. The van der Waals surface area contributed by atoms with Crippen LogP contribution in [0.3, 0.4) is 0 Å². The summed E-state index contributed by atoms with van der Waals surface area (Å²) in [5.41, 5.74) is 4.32. The van der Waals surface area contributed by atoms with Crippen LogP contribution in [-0.2, 0) is 27.7 Å². The molecule has 2 aliphatic rings. The molecule has 2 aliphatic carbocycles. The number of nitrogens with zero attached hydrogens (tertiary/aromatic N) is 2. The molecule has 3 aromatic carbocycles. The summed E-state index contributed by atoms with van der Waals surface area (Å²) in [7, 11) is 0. The number of hydrogen-bond acceptors (Lipinski definition) is 6. The van der Waals surface area contributed by atoms with Crippen LogP contribution in [0.2, 0.25) is 10.0 Å². The van der Waals surface area contributed by atoms with E-state index in [0.717, 1.165) is 29.5 Å². The van der Waals surface area contributed by atoms with E-state index in [9.17, 15) is 13.6 Å². The third kappa shape index (κ3) is 5.46. The van der Waals surface area contributed by atoms with E-state index >= 15 is 0 Å². The molecule has 6 rings (SSSR count). The highest BCUT2D eigenvalue weighted by Crippen LogP contribution is 2.57. The molecule has 2 unspecified atom stereocenters. The second-order valence-electron chi connectivity index (χ2n) is 10.6. The number of carbonyl (C=O) groups excluding carboxylic acids is 1. The molecule has 10 heteroatoms. The number of nitrogens with one attached hydrogen (secondary N) is 1. The molecule has 2 saturated carbocycles. The Labute approximate surface area is 244 Å². The maximum Gasteiger partial charge on any atom is 0.257 e. The second-order valence-corrected chi connectivity index (χ2v) is 12.6. The first kappa shape index (κ1) is 27.1. The first-order valence-electron chi connectivity index (χ1n) is 13.1. The molecule has 206 valence electrons. The molecule has 1 amide bonds. The van der Waals surface area contributed by atoms with Gasteiger partial charge in [0.2, 0.25) is 5.91 Å². The lowest BCUT2D eigenvalue weighted by Gasteiger charge is -2.17. The molecular formula is C30H26Cl2N3O4S-. The molecule has 1 heterocycles. The zero-order chi connectivity index (χ0) is 28.0. The van der Waals surface area contributed by atoms with Gasteiger partial charge in [0.05, 0.1) is 11.8 Å². The van der Waals surface area contributed by atoms with Crippen molar-refractivity contribution in [2.75, 3.05) is 5.32 Å². The van der Waals surface area contributed by atoms with Gasteiger partial charge in [-0.1, -0.05) is 64.8 Å². The van der Waals surface area contributed by atoms with Gasteiger partial charge in [0.1, 0.15) is 0 Å². The summed E-state index contributed by atoms with van der Waals surface area (Å²) in [5, 5.41) is 7.37. The van der Waals surface area contributed by atoms with E-state index in [1.165, 1.54) is 18.4 Å². The maximum absolute atomic E-state index is 12.7. The van der Waals surface area contributed by atoms with Crippen molar-refractivity contribution in [3.8, 4) is 11.5 Å². The first-order chi connectivity index (χ1) is 19.2. The fraction of sp³-hybridized carbons (Fsp3) is 0.300. The quantitative estimate of drug-likeness (QED) is 0.207. The predicted octanol–water partition coefficient (Wildman–Crippen LogP) is 7.12. The van der Waals surface area contributed by atoms with Gasteiger partial charge in [0.15, 0.2) is 5.82 Å². The van der Waals surface area contributed by atoms with Gasteiger partial charge < -0.3 is 14.4 Å². The number of carbonyl (C=O) groups is 1. The van der Waals surface area contributed by atoms with Gasteiger partial charge in [-0.05, 0) is 90.6 Å². The summed E-state index contributed by atoms with van der Waals surface area (Å²) in [5.74, 6) is 1.44. The highest BCUT2D eigenvalue weighted by atomic mass is 35.5. The fourth-order valence-corrected chi connectivity index (χ4v) is 6.30. The smallest absolute Gasteiger partial charge is 0.257 e. The van der Waals surface area contributed by atoms with E-state index in [4.69, 9.17) is 32.7 Å². The van der Waals surface area contributed by atoms with Crippen molar-refractivity contribution in [1.29, 1.82) is 0 Å². The van der Waals surface area contributed by atoms with Crippen LogP contribution in [0, 0.1) is 0 Å². The number of halogens is 2. The lowest BCUT2D eigenvalue weighted by atomic mass is 9.94. The normalized spacial score (nSPS) is 17.3. The van der Waals surface area contributed by atoms with Crippen LogP contribution in [0.15, 0.2) is 65.2 Å². The Morgan fingerprint density at radius 2 is 1.75 bits per heavy atom. The predicted molar refractivity (Wildman–Crippen MR) is 154 cm³/mol. The van der Waals surface area contributed by atoms with Crippen molar-refractivity contribution in [2.24, 2.45) is 0 Å². The molecular weight excluding hydrogens is 569 g/mol. The van der Waals surface area contributed by atoms with Crippen LogP contribution < -0.4 is 5.32 Å². The van der Waals surface area contributed by atoms with Gasteiger partial charge in [0.25, 0.3) is 5.89 Å². The van der Waals surface area contributed by atoms with Crippen molar-refractivity contribution in [2.45, 2.75) is 55.6 Å². The van der Waals surface area contributed by atoms with Gasteiger partial charge in [-0.25, -0.2) is 0 Å². The molecule has 0 radical (unpaired) electrons. The number of aromatic nitrogens is 2. The molecule has 2 fully saturated rings. The van der Waals surface area contributed by atoms with Crippen molar-refractivity contribution >= 4 is 45.9 Å². The number of amides is 1. The van der Waals surface area contributed by atoms with Crippen LogP contribution in [0.1, 0.15) is 71.9 Å². The second kappa shape index (κ2) is 10.7. The molecule has 2 atom stereocenters. The number of hydrogen-bond donors (Lipinski definition) is 1. The number of anilines is 1. The van der Waals surface area contributed by atoms with Crippen LogP contribution in [-0.4, -0.2) is 24.8 Å². The van der Waals surface area contributed by atoms with Crippen molar-refractivity contribution in [3.63, 3.8) is 0 Å². The summed E-state index contributed by atoms with van der Waals surface area (Å²) in [4.78, 5) is 17.4. The van der Waals surface area contributed by atoms with E-state index in [2.05, 4.69) is 22.6 Å². The Balaban J connectivity index is 1.16. The van der Waals surface area contributed by atoms with E-state index in [1.54, 1.807) is 43.3 Å². The maximum atomic E-state index is 12.7. The Kier molecular flexibility index (Phi) is 7.29. The molecule has 0 saturated heterocycles. The Bertz CT molecular complexity index is 1570. The zero-order valence-electron chi connectivity index (χ0n) is 21.7. The minimum Gasteiger partial charge on any atom is -0.772 e. The number of rotatable bonds is 9. The van der Waals surface area contributed by atoms with Gasteiger partial charge >= 0.3 is 0 Å². The highest BCUT2D eigenvalue weighted by Gasteiger charge is 2.52. The molecule has 1 N–H and O–H groups in total. The minimum absolute atomic E-state index is 0.114. The molecule has 1 aromatic heterocycles. The van der Waals surface area contributed by atoms with Gasteiger partial charge in [-0.15, -0.1) is 0 Å². The van der Waals surface area contributed by atoms with Crippen LogP contribution in [0.25, 0.3) is 11.5 Å². The summed E-state index contributed by atoms with van der Waals surface area (Å²) in [6, 6.07) is 18.6. The standard InChI is InChI=1S/C30H27Cl2N3O4S/c1-17(40(37)38)19-4-2-18(3-5-19)14-26(36)33-23-15-24(31)27(25(32)16-23)30(12-13-30)29-34-28(39-35-29)22-10-8-21(9-11-22)20-6-7-20/h2-5,8-11,15-17,20H,6-7,12-14H2,1H3,(H,33,36)(H,37,38)/p-1. The first-order valence-corrected chi connectivity index (χ1v) is 15.0. The van der Waals surface area contributed by atoms with Gasteiger partial charge in [0, 0.05) is 32.1 Å². The number of benzene rings is 3. The minimum atomic E-state index is -2.20. The highest BCUT2D eigenvalue weighted by molar-refractivity contribution is 7.79. The van der Waals surface area contributed by atoms with Gasteiger partial charge in [-0.2, -0.15) is 4.98 Å². The van der Waals surface area contributed by atoms with E-state index in [1.807, 2.05) is 12.1 Å². The lowest BCUT2D eigenvalue weighted by Crippen LogP contribution is -2.16. The molecule has 40 heavy (non-hydrogen) atoms. The fourth-order valence-electron chi connectivity index (χ4n) is 5.07. The van der Waals surface area contributed by atoms with Crippen molar-refractivity contribution in [3.05, 3.63) is 98.8 Å². The Morgan fingerprint density at radius 1 is 1.10 bits per heavy atom. The summed E-state index contributed by atoms with van der Waals surface area (Å²) in [6.45, 7) is 1.61. The average molecular weight is 596 g/mol. The monoisotopic (exact) mass is 594 g/mol. The molecule has 4 aromatic rings. The Hall–Kier alpha value is -3.04. The largest absolute Gasteiger partial charge is 0.772 e. The topological polar surface area (TPSA) is 108 Å².